The number of unbranched alkanes of at least 4 members (excludes halogenated alkanes) is 1. The van der Waals surface area contributed by atoms with Gasteiger partial charge in [0.15, 0.2) is 0 Å². The van der Waals surface area contributed by atoms with Crippen LogP contribution in [-0.2, 0) is 11.2 Å². The third-order valence-corrected chi connectivity index (χ3v) is 1.63. The first kappa shape index (κ1) is 9.58. The van der Waals surface area contributed by atoms with Gasteiger partial charge in [-0.25, -0.2) is 4.79 Å². The van der Waals surface area contributed by atoms with Gasteiger partial charge in [-0.3, -0.25) is 0 Å². The Morgan fingerprint density at radius 1 is 1.62 bits per heavy atom. The molecular weight excluding hydrogens is 168 g/mol. The van der Waals surface area contributed by atoms with Crippen molar-refractivity contribution < 1.29 is 14.3 Å². The summed E-state index contributed by atoms with van der Waals surface area (Å²) in [5.41, 5.74) is 0. The molecule has 1 aromatic heterocycles. The van der Waals surface area contributed by atoms with Crippen LogP contribution in [0.15, 0.2) is 35.0 Å². The number of carboxylic acid groups (broad SMARTS) is 1. The van der Waals surface area contributed by atoms with Gasteiger partial charge in [-0.1, -0.05) is 6.08 Å². The smallest absolute Gasteiger partial charge is 0.327 e. The van der Waals surface area contributed by atoms with E-state index in [1.54, 1.807) is 12.3 Å². The molecule has 0 aliphatic heterocycles. The van der Waals surface area contributed by atoms with Crippen LogP contribution in [0.25, 0.3) is 0 Å². The van der Waals surface area contributed by atoms with Crippen molar-refractivity contribution in [2.24, 2.45) is 0 Å². The highest BCUT2D eigenvalue weighted by Gasteiger charge is 1.93. The van der Waals surface area contributed by atoms with Gasteiger partial charge in [0.25, 0.3) is 0 Å². The summed E-state index contributed by atoms with van der Waals surface area (Å²) >= 11 is 0. The predicted octanol–water partition coefficient (Wildman–Crippen LogP) is 2.24. The van der Waals surface area contributed by atoms with E-state index < -0.39 is 5.97 Å². The molecule has 1 N–H and O–H groups in total. The number of rotatable bonds is 5. The largest absolute Gasteiger partial charge is 0.478 e. The average Bonchev–Trinajstić information content (AvgIpc) is 2.55. The van der Waals surface area contributed by atoms with Crippen LogP contribution >= 0.6 is 0 Å². The van der Waals surface area contributed by atoms with E-state index >= 15 is 0 Å². The van der Waals surface area contributed by atoms with Crippen LogP contribution < -0.4 is 0 Å². The lowest BCUT2D eigenvalue weighted by atomic mass is 10.2. The summed E-state index contributed by atoms with van der Waals surface area (Å²) in [7, 11) is 0. The van der Waals surface area contributed by atoms with E-state index in [0.29, 0.717) is 0 Å². The lowest BCUT2D eigenvalue weighted by molar-refractivity contribution is -0.131. The lowest BCUT2D eigenvalue weighted by Crippen LogP contribution is -1.86. The molecule has 0 atom stereocenters. The van der Waals surface area contributed by atoms with Gasteiger partial charge in [0.05, 0.1) is 6.26 Å². The van der Waals surface area contributed by atoms with Crippen LogP contribution in [0, 0.1) is 0 Å². The average molecular weight is 180 g/mol. The maximum Gasteiger partial charge on any atom is 0.327 e. The summed E-state index contributed by atoms with van der Waals surface area (Å²) in [6, 6.07) is 3.77. The first-order chi connectivity index (χ1) is 6.29. The number of hydrogen-bond acceptors (Lipinski definition) is 2. The quantitative estimate of drug-likeness (QED) is 0.558. The van der Waals surface area contributed by atoms with Gasteiger partial charge < -0.3 is 9.52 Å². The van der Waals surface area contributed by atoms with E-state index in [9.17, 15) is 4.79 Å². The maximum atomic E-state index is 10.1. The molecule has 0 radical (unpaired) electrons. The topological polar surface area (TPSA) is 50.4 Å². The predicted molar refractivity (Wildman–Crippen MR) is 48.4 cm³/mol. The normalized spacial score (nSPS) is 10.8. The second-order valence-electron chi connectivity index (χ2n) is 2.71. The minimum Gasteiger partial charge on any atom is -0.478 e. The summed E-state index contributed by atoms with van der Waals surface area (Å²) in [6.45, 7) is 0. The Morgan fingerprint density at radius 2 is 2.46 bits per heavy atom. The van der Waals surface area contributed by atoms with Crippen LogP contribution in [-0.4, -0.2) is 11.1 Å². The highest BCUT2D eigenvalue weighted by atomic mass is 16.4. The number of hydrogen-bond donors (Lipinski definition) is 1. The van der Waals surface area contributed by atoms with Gasteiger partial charge >= 0.3 is 5.97 Å². The summed E-state index contributed by atoms with van der Waals surface area (Å²) in [5.74, 6) is 0.0572. The first-order valence-corrected chi connectivity index (χ1v) is 4.21. The Hall–Kier alpha value is -1.51. The minimum atomic E-state index is -0.891. The molecule has 0 fully saturated rings. The van der Waals surface area contributed by atoms with Gasteiger partial charge in [-0.05, 0) is 25.0 Å². The minimum absolute atomic E-state index is 0.771. The van der Waals surface area contributed by atoms with E-state index in [0.717, 1.165) is 25.0 Å². The number of furan rings is 1. The monoisotopic (exact) mass is 180 g/mol. The Balaban J connectivity index is 2.12. The second-order valence-corrected chi connectivity index (χ2v) is 2.71. The zero-order valence-corrected chi connectivity index (χ0v) is 7.27. The molecule has 1 heterocycles. The molecule has 0 aromatic carbocycles. The van der Waals surface area contributed by atoms with Gasteiger partial charge in [0.2, 0.25) is 0 Å². The molecule has 0 bridgehead atoms. The molecule has 1 aromatic rings. The van der Waals surface area contributed by atoms with Crippen LogP contribution in [0.4, 0.5) is 0 Å². The van der Waals surface area contributed by atoms with E-state index in [-0.39, 0.29) is 0 Å². The molecule has 0 aliphatic rings. The van der Waals surface area contributed by atoms with E-state index in [4.69, 9.17) is 9.52 Å². The Bertz CT molecular complexity index is 272. The van der Waals surface area contributed by atoms with E-state index in [1.807, 2.05) is 12.1 Å². The maximum absolute atomic E-state index is 10.1. The Morgan fingerprint density at radius 3 is 3.08 bits per heavy atom. The Labute approximate surface area is 76.7 Å². The van der Waals surface area contributed by atoms with E-state index in [1.165, 1.54) is 6.08 Å². The van der Waals surface area contributed by atoms with Crippen molar-refractivity contribution >= 4 is 5.97 Å². The van der Waals surface area contributed by atoms with Gasteiger partial charge in [0, 0.05) is 12.5 Å². The molecule has 3 nitrogen and oxygen atoms in total. The standard InChI is InChI=1S/C10H12O3/c11-10(12)7-3-1-2-5-9-6-4-8-13-9/h3-4,6-8H,1-2,5H2,(H,11,12). The second kappa shape index (κ2) is 5.19. The number of carbonyl (C=O) groups is 1. The molecule has 0 amide bonds. The summed E-state index contributed by atoms with van der Waals surface area (Å²) in [6.07, 6.45) is 7.01. The molecule has 3 heteroatoms. The number of aryl methyl sites for hydroxylation is 1. The van der Waals surface area contributed by atoms with Crippen molar-refractivity contribution in [3.8, 4) is 0 Å². The molecule has 0 aliphatic carbocycles. The molecular formula is C10H12O3. The first-order valence-electron chi connectivity index (χ1n) is 4.21. The van der Waals surface area contributed by atoms with Crippen molar-refractivity contribution in [2.45, 2.75) is 19.3 Å². The number of carboxylic acids is 1. The Kier molecular flexibility index (Phi) is 3.82. The van der Waals surface area contributed by atoms with Crippen LogP contribution in [0.1, 0.15) is 18.6 Å². The molecule has 0 spiro atoms. The van der Waals surface area contributed by atoms with E-state index in [2.05, 4.69) is 0 Å². The van der Waals surface area contributed by atoms with Crippen molar-refractivity contribution in [1.82, 2.24) is 0 Å². The highest BCUT2D eigenvalue weighted by Crippen LogP contribution is 2.05. The van der Waals surface area contributed by atoms with Gasteiger partial charge in [-0.2, -0.15) is 0 Å². The fraction of sp³-hybridized carbons (Fsp3) is 0.300. The highest BCUT2D eigenvalue weighted by molar-refractivity contribution is 5.79. The molecule has 0 saturated carbocycles. The van der Waals surface area contributed by atoms with Crippen molar-refractivity contribution in [3.05, 3.63) is 36.3 Å². The third kappa shape index (κ3) is 4.15. The van der Waals surface area contributed by atoms with Crippen molar-refractivity contribution in [2.75, 3.05) is 0 Å². The lowest BCUT2D eigenvalue weighted by Gasteiger charge is -1.92. The summed E-state index contributed by atoms with van der Waals surface area (Å²) < 4.78 is 5.12. The summed E-state index contributed by atoms with van der Waals surface area (Å²) in [5, 5.41) is 8.29. The molecule has 13 heavy (non-hydrogen) atoms. The van der Waals surface area contributed by atoms with Crippen molar-refractivity contribution in [3.63, 3.8) is 0 Å². The van der Waals surface area contributed by atoms with Gasteiger partial charge in [-0.15, -0.1) is 0 Å². The number of aliphatic carboxylic acids is 1. The SMILES string of the molecule is O=C(O)C=CCCCc1ccco1. The van der Waals surface area contributed by atoms with Crippen LogP contribution in [0.3, 0.4) is 0 Å². The third-order valence-electron chi connectivity index (χ3n) is 1.63. The van der Waals surface area contributed by atoms with Crippen molar-refractivity contribution in [1.29, 1.82) is 0 Å². The molecule has 1 rings (SSSR count). The molecule has 0 saturated heterocycles. The number of allylic oxidation sites excluding steroid dienone is 1. The van der Waals surface area contributed by atoms with Crippen LogP contribution in [0.5, 0.6) is 0 Å². The molecule has 0 unspecified atom stereocenters. The zero-order valence-electron chi connectivity index (χ0n) is 7.27. The zero-order chi connectivity index (χ0) is 9.52. The van der Waals surface area contributed by atoms with Crippen LogP contribution in [0.2, 0.25) is 0 Å². The van der Waals surface area contributed by atoms with Gasteiger partial charge in [0.1, 0.15) is 5.76 Å². The fourth-order valence-electron chi connectivity index (χ4n) is 1.03. The molecule has 70 valence electrons. The summed E-state index contributed by atoms with van der Waals surface area (Å²) in [4.78, 5) is 10.1. The fourth-order valence-corrected chi connectivity index (χ4v) is 1.03.